The van der Waals surface area contributed by atoms with Crippen LogP contribution in [0.2, 0.25) is 0 Å². The number of para-hydroxylation sites is 1. The van der Waals surface area contributed by atoms with Crippen LogP contribution in [0.25, 0.3) is 17.1 Å². The Labute approximate surface area is 134 Å². The zero-order chi connectivity index (χ0) is 18.4. The number of nitrogens with zero attached hydrogens (tertiary/aromatic N) is 2. The molecular formula is C15H6F6N2O2. The lowest BCUT2D eigenvalue weighted by Crippen LogP contribution is -2.18. The highest BCUT2D eigenvalue weighted by atomic mass is 19.4. The standard InChI is InChI=1S/C15H6F6N2O2/c16-7-5-9(17)12(10(18)6-7)13-22-23(14(24)25-13)11-4-2-1-3-8(11)15(19,20)21/h1-6H. The minimum Gasteiger partial charge on any atom is -0.387 e. The number of aromatic nitrogens is 2. The molecule has 0 radical (unpaired) electrons. The molecule has 4 nitrogen and oxygen atoms in total. The van der Waals surface area contributed by atoms with Crippen molar-refractivity contribution in [2.45, 2.75) is 6.18 Å². The fourth-order valence-electron chi connectivity index (χ4n) is 2.18. The predicted molar refractivity (Wildman–Crippen MR) is 72.4 cm³/mol. The fraction of sp³-hybridized carbons (Fsp3) is 0.0667. The zero-order valence-electron chi connectivity index (χ0n) is 11.9. The van der Waals surface area contributed by atoms with Gasteiger partial charge in [0.2, 0.25) is 0 Å². The Morgan fingerprint density at radius 3 is 2.20 bits per heavy atom. The highest BCUT2D eigenvalue weighted by Crippen LogP contribution is 2.33. The summed E-state index contributed by atoms with van der Waals surface area (Å²) in [5, 5.41) is 3.41. The number of alkyl halides is 3. The van der Waals surface area contributed by atoms with Crippen LogP contribution in [0.3, 0.4) is 0 Å². The molecule has 1 heterocycles. The van der Waals surface area contributed by atoms with Gasteiger partial charge in [0.1, 0.15) is 23.0 Å². The Bertz CT molecular complexity index is 983. The molecule has 0 amide bonds. The van der Waals surface area contributed by atoms with E-state index in [-0.39, 0.29) is 4.68 Å². The topological polar surface area (TPSA) is 48.0 Å². The molecule has 0 saturated carbocycles. The lowest BCUT2D eigenvalue weighted by Gasteiger charge is -2.10. The van der Waals surface area contributed by atoms with Crippen molar-refractivity contribution in [3.05, 3.63) is 70.0 Å². The summed E-state index contributed by atoms with van der Waals surface area (Å²) >= 11 is 0. The number of rotatable bonds is 2. The maximum absolute atomic E-state index is 13.7. The summed E-state index contributed by atoms with van der Waals surface area (Å²) < 4.78 is 84.3. The third kappa shape index (κ3) is 3.02. The van der Waals surface area contributed by atoms with Crippen LogP contribution in [0, 0.1) is 17.5 Å². The monoisotopic (exact) mass is 360 g/mol. The molecule has 2 aromatic carbocycles. The van der Waals surface area contributed by atoms with E-state index in [0.717, 1.165) is 12.1 Å². The SMILES string of the molecule is O=c1oc(-c2c(F)cc(F)cc2F)nn1-c1ccccc1C(F)(F)F. The summed E-state index contributed by atoms with van der Waals surface area (Å²) in [4.78, 5) is 11.8. The predicted octanol–water partition coefficient (Wildman–Crippen LogP) is 3.93. The summed E-state index contributed by atoms with van der Waals surface area (Å²) in [6.07, 6.45) is -4.80. The first-order valence-corrected chi connectivity index (χ1v) is 6.60. The summed E-state index contributed by atoms with van der Waals surface area (Å²) in [5.41, 5.74) is -2.85. The molecule has 10 heteroatoms. The van der Waals surface area contributed by atoms with E-state index in [9.17, 15) is 31.1 Å². The van der Waals surface area contributed by atoms with E-state index in [2.05, 4.69) is 9.52 Å². The van der Waals surface area contributed by atoms with E-state index in [1.165, 1.54) is 6.07 Å². The van der Waals surface area contributed by atoms with Gasteiger partial charge in [0, 0.05) is 12.1 Å². The van der Waals surface area contributed by atoms with Crippen molar-refractivity contribution in [1.82, 2.24) is 9.78 Å². The van der Waals surface area contributed by atoms with Crippen LogP contribution in [-0.2, 0) is 6.18 Å². The van der Waals surface area contributed by atoms with Gasteiger partial charge in [0.25, 0.3) is 5.89 Å². The number of hydrogen-bond donors (Lipinski definition) is 0. The van der Waals surface area contributed by atoms with Crippen molar-refractivity contribution in [3.63, 3.8) is 0 Å². The molecule has 0 saturated heterocycles. The molecule has 0 unspecified atom stereocenters. The van der Waals surface area contributed by atoms with Gasteiger partial charge in [-0.05, 0) is 12.1 Å². The number of halogens is 6. The maximum Gasteiger partial charge on any atom is 0.442 e. The van der Waals surface area contributed by atoms with Crippen molar-refractivity contribution in [1.29, 1.82) is 0 Å². The van der Waals surface area contributed by atoms with Crippen LogP contribution < -0.4 is 5.76 Å². The maximum atomic E-state index is 13.7. The zero-order valence-corrected chi connectivity index (χ0v) is 11.9. The minimum atomic E-state index is -4.80. The van der Waals surface area contributed by atoms with Crippen LogP contribution in [0.1, 0.15) is 5.56 Å². The van der Waals surface area contributed by atoms with E-state index in [4.69, 9.17) is 0 Å². The van der Waals surface area contributed by atoms with Gasteiger partial charge >= 0.3 is 11.9 Å². The molecule has 130 valence electrons. The first kappa shape index (κ1) is 16.8. The Hall–Kier alpha value is -3.04. The van der Waals surface area contributed by atoms with E-state index in [0.29, 0.717) is 18.2 Å². The van der Waals surface area contributed by atoms with E-state index >= 15 is 0 Å². The van der Waals surface area contributed by atoms with Crippen LogP contribution >= 0.6 is 0 Å². The minimum absolute atomic E-state index is 0.223. The van der Waals surface area contributed by atoms with Crippen molar-refractivity contribution in [3.8, 4) is 17.1 Å². The summed E-state index contributed by atoms with van der Waals surface area (Å²) in [6, 6.07) is 4.59. The average molecular weight is 360 g/mol. The molecular weight excluding hydrogens is 354 g/mol. The molecule has 0 fully saturated rings. The lowest BCUT2D eigenvalue weighted by atomic mass is 10.1. The molecule has 25 heavy (non-hydrogen) atoms. The second kappa shape index (κ2) is 5.80. The lowest BCUT2D eigenvalue weighted by molar-refractivity contribution is -0.137. The fourth-order valence-corrected chi connectivity index (χ4v) is 2.18. The van der Waals surface area contributed by atoms with Gasteiger partial charge in [0.15, 0.2) is 0 Å². The van der Waals surface area contributed by atoms with E-state index in [1.54, 1.807) is 0 Å². The third-order valence-corrected chi connectivity index (χ3v) is 3.21. The smallest absolute Gasteiger partial charge is 0.387 e. The van der Waals surface area contributed by atoms with Crippen molar-refractivity contribution in [2.24, 2.45) is 0 Å². The molecule has 0 N–H and O–H groups in total. The first-order chi connectivity index (χ1) is 11.7. The highest BCUT2D eigenvalue weighted by Gasteiger charge is 2.35. The van der Waals surface area contributed by atoms with Gasteiger partial charge in [-0.2, -0.15) is 17.9 Å². The molecule has 3 rings (SSSR count). The van der Waals surface area contributed by atoms with Gasteiger partial charge in [0.05, 0.1) is 11.3 Å². The molecule has 0 spiro atoms. The Morgan fingerprint density at radius 1 is 1.00 bits per heavy atom. The molecule has 3 aromatic rings. The van der Waals surface area contributed by atoms with Crippen LogP contribution in [-0.4, -0.2) is 9.78 Å². The van der Waals surface area contributed by atoms with Crippen molar-refractivity contribution in [2.75, 3.05) is 0 Å². The highest BCUT2D eigenvalue weighted by molar-refractivity contribution is 5.55. The van der Waals surface area contributed by atoms with E-state index in [1.807, 2.05) is 0 Å². The second-order valence-corrected chi connectivity index (χ2v) is 4.84. The molecule has 0 atom stereocenters. The van der Waals surface area contributed by atoms with Gasteiger partial charge < -0.3 is 4.42 Å². The van der Waals surface area contributed by atoms with Crippen LogP contribution in [0.4, 0.5) is 26.3 Å². The van der Waals surface area contributed by atoms with Gasteiger partial charge in [-0.3, -0.25) is 0 Å². The largest absolute Gasteiger partial charge is 0.442 e. The average Bonchev–Trinajstić information content (AvgIpc) is 2.86. The van der Waals surface area contributed by atoms with Crippen molar-refractivity contribution >= 4 is 0 Å². The molecule has 1 aromatic heterocycles. The third-order valence-electron chi connectivity index (χ3n) is 3.21. The van der Waals surface area contributed by atoms with Crippen molar-refractivity contribution < 1.29 is 30.8 Å². The molecule has 0 aliphatic rings. The summed E-state index contributed by atoms with van der Waals surface area (Å²) in [5.74, 6) is -6.38. The first-order valence-electron chi connectivity index (χ1n) is 6.60. The molecule has 0 bridgehead atoms. The number of benzene rings is 2. The van der Waals surface area contributed by atoms with Gasteiger partial charge in [-0.1, -0.05) is 12.1 Å². The Morgan fingerprint density at radius 2 is 1.60 bits per heavy atom. The van der Waals surface area contributed by atoms with Gasteiger partial charge in [-0.25, -0.2) is 18.0 Å². The Balaban J connectivity index is 2.21. The summed E-state index contributed by atoms with van der Waals surface area (Å²) in [7, 11) is 0. The van der Waals surface area contributed by atoms with E-state index < -0.39 is 52.1 Å². The quantitative estimate of drug-likeness (QED) is 0.651. The molecule has 0 aliphatic heterocycles. The summed E-state index contributed by atoms with van der Waals surface area (Å²) in [6.45, 7) is 0. The normalized spacial score (nSPS) is 11.8. The van der Waals surface area contributed by atoms with Crippen LogP contribution in [0.5, 0.6) is 0 Å². The van der Waals surface area contributed by atoms with Crippen LogP contribution in [0.15, 0.2) is 45.6 Å². The number of hydrogen-bond acceptors (Lipinski definition) is 3. The van der Waals surface area contributed by atoms with Gasteiger partial charge in [-0.15, -0.1) is 5.10 Å². The Kier molecular flexibility index (Phi) is 3.90. The second-order valence-electron chi connectivity index (χ2n) is 4.84. The molecule has 0 aliphatic carbocycles.